The van der Waals surface area contributed by atoms with Crippen molar-refractivity contribution in [1.29, 1.82) is 0 Å². The third kappa shape index (κ3) is 1.24. The van der Waals surface area contributed by atoms with Crippen molar-refractivity contribution in [1.82, 2.24) is 4.98 Å². The predicted octanol–water partition coefficient (Wildman–Crippen LogP) is 1.75. The highest BCUT2D eigenvalue weighted by atomic mass is 16.3. The van der Waals surface area contributed by atoms with Crippen LogP contribution in [0.4, 0.5) is 0 Å². The summed E-state index contributed by atoms with van der Waals surface area (Å²) < 4.78 is 0. The molecule has 2 rings (SSSR count). The van der Waals surface area contributed by atoms with Crippen LogP contribution in [0.5, 0.6) is 5.75 Å². The molecule has 1 heterocycles. The van der Waals surface area contributed by atoms with E-state index in [2.05, 4.69) is 4.98 Å². The normalized spacial score (nSPS) is 10.2. The topological polar surface area (TPSA) is 50.2 Å². The van der Waals surface area contributed by atoms with E-state index in [9.17, 15) is 9.90 Å². The number of carbonyl (C=O) groups excluding carboxylic acids is 1. The number of fused-ring (bicyclic) bond motifs is 1. The maximum Gasteiger partial charge on any atom is 0.172 e. The van der Waals surface area contributed by atoms with Gasteiger partial charge in [-0.05, 0) is 12.1 Å². The molecule has 13 heavy (non-hydrogen) atoms. The minimum absolute atomic E-state index is 0.0753. The first kappa shape index (κ1) is 7.73. The van der Waals surface area contributed by atoms with Crippen LogP contribution < -0.4 is 0 Å². The molecule has 1 aromatic heterocycles. The van der Waals surface area contributed by atoms with Crippen LogP contribution in [0, 0.1) is 0 Å². The molecular formula is C10H7NO2. The largest absolute Gasteiger partial charge is 0.506 e. The lowest BCUT2D eigenvalue weighted by Gasteiger charge is -1.99. The van der Waals surface area contributed by atoms with Crippen LogP contribution in [-0.2, 0) is 0 Å². The number of carbonyl (C=O) groups is 1. The summed E-state index contributed by atoms with van der Waals surface area (Å²) in [4.78, 5) is 14.4. The second kappa shape index (κ2) is 2.86. The zero-order valence-corrected chi connectivity index (χ0v) is 6.77. The molecule has 0 aliphatic rings. The molecule has 0 fully saturated rings. The van der Waals surface area contributed by atoms with Gasteiger partial charge < -0.3 is 5.11 Å². The highest BCUT2D eigenvalue weighted by Crippen LogP contribution is 2.19. The Morgan fingerprint density at radius 1 is 1.31 bits per heavy atom. The number of aromatic nitrogens is 1. The lowest BCUT2D eigenvalue weighted by atomic mass is 10.2. The molecular weight excluding hydrogens is 166 g/mol. The number of pyridine rings is 1. The molecule has 0 spiro atoms. The standard InChI is InChI=1S/C10H7NO2/c12-6-9-10(13)5-7-3-1-2-4-8(7)11-9/h1-6,13H. The Morgan fingerprint density at radius 3 is 2.85 bits per heavy atom. The van der Waals surface area contributed by atoms with Crippen LogP contribution in [0.3, 0.4) is 0 Å². The van der Waals surface area contributed by atoms with Crippen LogP contribution in [0.15, 0.2) is 30.3 Å². The summed E-state index contributed by atoms with van der Waals surface area (Å²) in [5, 5.41) is 10.1. The van der Waals surface area contributed by atoms with E-state index in [0.717, 1.165) is 5.39 Å². The van der Waals surface area contributed by atoms with E-state index >= 15 is 0 Å². The fraction of sp³-hybridized carbons (Fsp3) is 0. The number of rotatable bonds is 1. The number of hydrogen-bond acceptors (Lipinski definition) is 3. The Labute approximate surface area is 74.7 Å². The molecule has 3 nitrogen and oxygen atoms in total. The van der Waals surface area contributed by atoms with Crippen molar-refractivity contribution in [3.05, 3.63) is 36.0 Å². The van der Waals surface area contributed by atoms with Crippen molar-refractivity contribution < 1.29 is 9.90 Å². The van der Waals surface area contributed by atoms with Gasteiger partial charge in [0.2, 0.25) is 0 Å². The lowest BCUT2D eigenvalue weighted by molar-refractivity contribution is 0.111. The molecule has 0 aliphatic carbocycles. The van der Waals surface area contributed by atoms with Crippen molar-refractivity contribution in [3.63, 3.8) is 0 Å². The highest BCUT2D eigenvalue weighted by molar-refractivity contribution is 5.86. The Morgan fingerprint density at radius 2 is 2.08 bits per heavy atom. The van der Waals surface area contributed by atoms with E-state index in [1.807, 2.05) is 18.2 Å². The van der Waals surface area contributed by atoms with Crippen molar-refractivity contribution in [2.24, 2.45) is 0 Å². The van der Waals surface area contributed by atoms with E-state index in [1.165, 1.54) is 6.07 Å². The van der Waals surface area contributed by atoms with Crippen LogP contribution >= 0.6 is 0 Å². The monoisotopic (exact) mass is 173 g/mol. The summed E-state index contributed by atoms with van der Waals surface area (Å²) in [6, 6.07) is 8.84. The van der Waals surface area contributed by atoms with Gasteiger partial charge >= 0.3 is 0 Å². The SMILES string of the molecule is O=Cc1nc2ccccc2cc1O. The Bertz CT molecular complexity index is 465. The Hall–Kier alpha value is -1.90. The molecule has 0 atom stereocenters. The summed E-state index contributed by atoms with van der Waals surface area (Å²) in [6.07, 6.45) is 0.543. The van der Waals surface area contributed by atoms with Gasteiger partial charge in [-0.15, -0.1) is 0 Å². The van der Waals surface area contributed by atoms with Crippen molar-refractivity contribution in [2.45, 2.75) is 0 Å². The van der Waals surface area contributed by atoms with Crippen LogP contribution in [-0.4, -0.2) is 16.4 Å². The van der Waals surface area contributed by atoms with Gasteiger partial charge in [0.05, 0.1) is 5.52 Å². The molecule has 0 unspecified atom stereocenters. The van der Waals surface area contributed by atoms with E-state index in [4.69, 9.17) is 0 Å². The molecule has 64 valence electrons. The first-order valence-corrected chi connectivity index (χ1v) is 3.85. The number of benzene rings is 1. The summed E-state index contributed by atoms with van der Waals surface area (Å²) in [5.74, 6) is -0.0753. The van der Waals surface area contributed by atoms with Gasteiger partial charge in [0.15, 0.2) is 6.29 Å². The number of nitrogens with zero attached hydrogens (tertiary/aromatic N) is 1. The molecule has 0 amide bonds. The number of aromatic hydroxyl groups is 1. The molecule has 0 bridgehead atoms. The minimum atomic E-state index is -0.0753. The van der Waals surface area contributed by atoms with Gasteiger partial charge in [-0.2, -0.15) is 0 Å². The van der Waals surface area contributed by atoms with E-state index in [-0.39, 0.29) is 11.4 Å². The maximum absolute atomic E-state index is 10.4. The second-order valence-electron chi connectivity index (χ2n) is 2.70. The molecule has 1 N–H and O–H groups in total. The highest BCUT2D eigenvalue weighted by Gasteiger charge is 2.02. The smallest absolute Gasteiger partial charge is 0.172 e. The summed E-state index contributed by atoms with van der Waals surface area (Å²) in [6.45, 7) is 0. The molecule has 3 heteroatoms. The zero-order chi connectivity index (χ0) is 9.26. The van der Waals surface area contributed by atoms with E-state index in [1.54, 1.807) is 6.07 Å². The number of aldehydes is 1. The summed E-state index contributed by atoms with van der Waals surface area (Å²) in [7, 11) is 0. The van der Waals surface area contributed by atoms with Crippen LogP contribution in [0.25, 0.3) is 10.9 Å². The molecule has 0 saturated heterocycles. The zero-order valence-electron chi connectivity index (χ0n) is 6.77. The average Bonchev–Trinajstić information content (AvgIpc) is 2.17. The van der Waals surface area contributed by atoms with Gasteiger partial charge in [-0.1, -0.05) is 18.2 Å². The molecule has 1 aromatic carbocycles. The maximum atomic E-state index is 10.4. The average molecular weight is 173 g/mol. The fourth-order valence-corrected chi connectivity index (χ4v) is 1.21. The summed E-state index contributed by atoms with van der Waals surface area (Å²) >= 11 is 0. The van der Waals surface area contributed by atoms with Gasteiger partial charge in [0.1, 0.15) is 11.4 Å². The van der Waals surface area contributed by atoms with Crippen molar-refractivity contribution in [3.8, 4) is 5.75 Å². The second-order valence-corrected chi connectivity index (χ2v) is 2.70. The quantitative estimate of drug-likeness (QED) is 0.668. The number of para-hydroxylation sites is 1. The molecule has 2 aromatic rings. The third-order valence-corrected chi connectivity index (χ3v) is 1.84. The van der Waals surface area contributed by atoms with Gasteiger partial charge in [0.25, 0.3) is 0 Å². The minimum Gasteiger partial charge on any atom is -0.506 e. The number of hydrogen-bond donors (Lipinski definition) is 1. The molecule has 0 aliphatic heterocycles. The third-order valence-electron chi connectivity index (χ3n) is 1.84. The Balaban J connectivity index is 2.81. The van der Waals surface area contributed by atoms with Crippen molar-refractivity contribution >= 4 is 17.2 Å². The predicted molar refractivity (Wildman–Crippen MR) is 48.8 cm³/mol. The Kier molecular flexibility index (Phi) is 1.70. The lowest BCUT2D eigenvalue weighted by Crippen LogP contribution is -1.88. The summed E-state index contributed by atoms with van der Waals surface area (Å²) in [5.41, 5.74) is 0.793. The van der Waals surface area contributed by atoms with Crippen LogP contribution in [0.2, 0.25) is 0 Å². The van der Waals surface area contributed by atoms with Gasteiger partial charge in [-0.3, -0.25) is 4.79 Å². The fourth-order valence-electron chi connectivity index (χ4n) is 1.21. The molecule has 0 saturated carbocycles. The first-order chi connectivity index (χ1) is 6.31. The van der Waals surface area contributed by atoms with Gasteiger partial charge in [-0.25, -0.2) is 4.98 Å². The first-order valence-electron chi connectivity index (χ1n) is 3.85. The van der Waals surface area contributed by atoms with Gasteiger partial charge in [0, 0.05) is 5.39 Å². The van der Waals surface area contributed by atoms with E-state index in [0.29, 0.717) is 11.8 Å². The van der Waals surface area contributed by atoms with E-state index < -0.39 is 0 Å². The van der Waals surface area contributed by atoms with Crippen molar-refractivity contribution in [2.75, 3.05) is 0 Å². The molecule has 0 radical (unpaired) electrons. The van der Waals surface area contributed by atoms with Crippen LogP contribution in [0.1, 0.15) is 10.5 Å².